The van der Waals surface area contributed by atoms with Crippen LogP contribution in [0.15, 0.2) is 29.1 Å². The number of nitrogens with zero attached hydrogens (tertiary/aromatic N) is 3. The zero-order chi connectivity index (χ0) is 16.2. The maximum absolute atomic E-state index is 12.4. The van der Waals surface area contributed by atoms with Gasteiger partial charge in [-0.25, -0.2) is 9.89 Å². The first-order valence-electron chi connectivity index (χ1n) is 7.79. The summed E-state index contributed by atoms with van der Waals surface area (Å²) < 4.78 is 0. The maximum atomic E-state index is 12.4. The minimum Gasteiger partial charge on any atom is -0.340 e. The first-order valence-corrected chi connectivity index (χ1v) is 7.79. The summed E-state index contributed by atoms with van der Waals surface area (Å²) >= 11 is 0. The molecule has 122 valence electrons. The van der Waals surface area contributed by atoms with E-state index in [0.717, 1.165) is 18.7 Å². The second-order valence-corrected chi connectivity index (χ2v) is 5.94. The summed E-state index contributed by atoms with van der Waals surface area (Å²) in [4.78, 5) is 30.1. The molecule has 1 saturated heterocycles. The average molecular weight is 315 g/mol. The number of carbonyl (C=O) groups excluding carboxylic acids is 1. The molecule has 0 unspecified atom stereocenters. The van der Waals surface area contributed by atoms with Crippen LogP contribution >= 0.6 is 0 Å². The Kier molecular flexibility index (Phi) is 4.57. The molecule has 0 radical (unpaired) electrons. The molecule has 0 saturated carbocycles. The van der Waals surface area contributed by atoms with E-state index < -0.39 is 0 Å². The van der Waals surface area contributed by atoms with Gasteiger partial charge in [-0.05, 0) is 12.5 Å². The van der Waals surface area contributed by atoms with Crippen LogP contribution in [0.4, 0.5) is 0 Å². The molecule has 2 N–H and O–H groups in total. The third kappa shape index (κ3) is 4.07. The van der Waals surface area contributed by atoms with Gasteiger partial charge in [0, 0.05) is 26.2 Å². The molecule has 1 fully saturated rings. The number of hydrogen-bond donors (Lipinski definition) is 2. The Morgan fingerprint density at radius 1 is 1.17 bits per heavy atom. The van der Waals surface area contributed by atoms with E-state index in [4.69, 9.17) is 0 Å². The largest absolute Gasteiger partial charge is 0.340 e. The number of amides is 1. The van der Waals surface area contributed by atoms with Crippen LogP contribution in [-0.2, 0) is 17.8 Å². The van der Waals surface area contributed by atoms with Gasteiger partial charge in [0.1, 0.15) is 5.82 Å². The predicted molar refractivity (Wildman–Crippen MR) is 85.9 cm³/mol. The molecule has 23 heavy (non-hydrogen) atoms. The van der Waals surface area contributed by atoms with Crippen molar-refractivity contribution in [2.75, 3.05) is 26.2 Å². The smallest absolute Gasteiger partial charge is 0.340 e. The van der Waals surface area contributed by atoms with E-state index >= 15 is 0 Å². The lowest BCUT2D eigenvalue weighted by Crippen LogP contribution is -2.48. The van der Waals surface area contributed by atoms with Crippen molar-refractivity contribution in [3.63, 3.8) is 0 Å². The van der Waals surface area contributed by atoms with Gasteiger partial charge in [-0.2, -0.15) is 5.10 Å². The van der Waals surface area contributed by atoms with Crippen molar-refractivity contribution in [1.29, 1.82) is 0 Å². The lowest BCUT2D eigenvalue weighted by Gasteiger charge is -2.34. The van der Waals surface area contributed by atoms with Crippen molar-refractivity contribution in [3.05, 3.63) is 51.7 Å². The number of hydrogen-bond acceptors (Lipinski definition) is 4. The van der Waals surface area contributed by atoms with Crippen molar-refractivity contribution in [1.82, 2.24) is 25.0 Å². The minimum atomic E-state index is -0.285. The number of nitrogens with one attached hydrogen (secondary N) is 2. The Labute approximate surface area is 134 Å². The number of aromatic nitrogens is 3. The number of aromatic amines is 2. The molecule has 1 aromatic heterocycles. The van der Waals surface area contributed by atoms with Gasteiger partial charge >= 0.3 is 5.69 Å². The van der Waals surface area contributed by atoms with Crippen LogP contribution in [0.1, 0.15) is 17.0 Å². The van der Waals surface area contributed by atoms with E-state index in [1.54, 1.807) is 0 Å². The van der Waals surface area contributed by atoms with Crippen molar-refractivity contribution in [2.24, 2.45) is 0 Å². The lowest BCUT2D eigenvalue weighted by molar-refractivity contribution is -0.132. The number of H-pyrrole nitrogens is 2. The van der Waals surface area contributed by atoms with Crippen LogP contribution in [-0.4, -0.2) is 57.1 Å². The fourth-order valence-electron chi connectivity index (χ4n) is 2.74. The Morgan fingerprint density at radius 2 is 1.87 bits per heavy atom. The molecule has 2 aromatic rings. The van der Waals surface area contributed by atoms with E-state index in [0.29, 0.717) is 31.9 Å². The Bertz CT molecular complexity index is 711. The molecule has 2 heterocycles. The molecule has 7 heteroatoms. The summed E-state index contributed by atoms with van der Waals surface area (Å²) in [6.45, 7) is 5.62. The molecule has 1 aromatic carbocycles. The van der Waals surface area contributed by atoms with Gasteiger partial charge in [0.25, 0.3) is 0 Å². The average Bonchev–Trinajstić information content (AvgIpc) is 2.95. The first kappa shape index (κ1) is 15.5. The van der Waals surface area contributed by atoms with Crippen LogP contribution in [0, 0.1) is 6.92 Å². The number of carbonyl (C=O) groups is 1. The number of benzene rings is 1. The highest BCUT2D eigenvalue weighted by atomic mass is 16.2. The quantitative estimate of drug-likeness (QED) is 0.849. The molecule has 7 nitrogen and oxygen atoms in total. The number of rotatable bonds is 4. The van der Waals surface area contributed by atoms with Crippen molar-refractivity contribution >= 4 is 5.91 Å². The van der Waals surface area contributed by atoms with E-state index in [-0.39, 0.29) is 11.6 Å². The number of aryl methyl sites for hydroxylation is 1. The zero-order valence-electron chi connectivity index (χ0n) is 13.2. The van der Waals surface area contributed by atoms with Crippen LogP contribution in [0.25, 0.3) is 0 Å². The second kappa shape index (κ2) is 6.78. The van der Waals surface area contributed by atoms with Gasteiger partial charge in [-0.3, -0.25) is 14.7 Å². The summed E-state index contributed by atoms with van der Waals surface area (Å²) in [6.07, 6.45) is 0.451. The van der Waals surface area contributed by atoms with Crippen molar-refractivity contribution in [2.45, 2.75) is 19.9 Å². The van der Waals surface area contributed by atoms with Crippen LogP contribution in [0.2, 0.25) is 0 Å². The fraction of sp³-hybridized carbons (Fsp3) is 0.438. The van der Waals surface area contributed by atoms with Crippen molar-refractivity contribution in [3.8, 4) is 0 Å². The Hall–Kier alpha value is -2.41. The third-order valence-electron chi connectivity index (χ3n) is 4.12. The van der Waals surface area contributed by atoms with E-state index in [2.05, 4.69) is 20.1 Å². The van der Waals surface area contributed by atoms with Crippen molar-refractivity contribution < 1.29 is 4.79 Å². The van der Waals surface area contributed by atoms with Gasteiger partial charge < -0.3 is 4.90 Å². The van der Waals surface area contributed by atoms with Gasteiger partial charge in [-0.1, -0.05) is 29.8 Å². The monoisotopic (exact) mass is 315 g/mol. The highest BCUT2D eigenvalue weighted by Crippen LogP contribution is 2.09. The molecule has 1 aliphatic rings. The van der Waals surface area contributed by atoms with Gasteiger partial charge in [0.15, 0.2) is 0 Å². The molecule has 0 spiro atoms. The van der Waals surface area contributed by atoms with Crippen LogP contribution in [0.5, 0.6) is 0 Å². The van der Waals surface area contributed by atoms with Crippen LogP contribution in [0.3, 0.4) is 0 Å². The SMILES string of the molecule is Cc1ccc(CC(=O)N2CCN(Cc3n[nH]c(=O)[nH]3)CC2)cc1. The Morgan fingerprint density at radius 3 is 2.48 bits per heavy atom. The standard InChI is InChI=1S/C16H21N5O2/c1-12-2-4-13(5-3-12)10-15(22)21-8-6-20(7-9-21)11-14-17-16(23)19-18-14/h2-5H,6-11H2,1H3,(H2,17,18,19,23). The molecular weight excluding hydrogens is 294 g/mol. The van der Waals surface area contributed by atoms with E-state index in [1.807, 2.05) is 36.1 Å². The highest BCUT2D eigenvalue weighted by Gasteiger charge is 2.21. The molecule has 1 aliphatic heterocycles. The van der Waals surface area contributed by atoms with Gasteiger partial charge in [0.2, 0.25) is 5.91 Å². The van der Waals surface area contributed by atoms with E-state index in [1.165, 1.54) is 5.56 Å². The van der Waals surface area contributed by atoms with Gasteiger partial charge in [-0.15, -0.1) is 0 Å². The molecule has 1 amide bonds. The second-order valence-electron chi connectivity index (χ2n) is 5.94. The summed E-state index contributed by atoms with van der Waals surface area (Å²) in [5, 5.41) is 6.28. The fourth-order valence-corrected chi connectivity index (χ4v) is 2.74. The molecule has 0 aliphatic carbocycles. The zero-order valence-corrected chi connectivity index (χ0v) is 13.2. The first-order chi connectivity index (χ1) is 11.1. The summed E-state index contributed by atoms with van der Waals surface area (Å²) in [5.74, 6) is 0.802. The number of piperazine rings is 1. The minimum absolute atomic E-state index is 0.168. The lowest BCUT2D eigenvalue weighted by atomic mass is 10.1. The molecule has 0 bridgehead atoms. The van der Waals surface area contributed by atoms with Gasteiger partial charge in [0.05, 0.1) is 13.0 Å². The van der Waals surface area contributed by atoms with Crippen LogP contribution < -0.4 is 5.69 Å². The summed E-state index contributed by atoms with van der Waals surface area (Å²) in [5.41, 5.74) is 1.97. The molecule has 0 atom stereocenters. The molecular formula is C16H21N5O2. The summed E-state index contributed by atoms with van der Waals surface area (Å²) in [7, 11) is 0. The highest BCUT2D eigenvalue weighted by molar-refractivity contribution is 5.78. The summed E-state index contributed by atoms with van der Waals surface area (Å²) in [6, 6.07) is 8.09. The van der Waals surface area contributed by atoms with E-state index in [9.17, 15) is 9.59 Å². The predicted octanol–water partition coefficient (Wildman–Crippen LogP) is 0.293. The third-order valence-corrected chi connectivity index (χ3v) is 4.12. The Balaban J connectivity index is 1.49. The topological polar surface area (TPSA) is 85.1 Å². The molecule has 3 rings (SSSR count). The maximum Gasteiger partial charge on any atom is 0.340 e. The normalized spacial score (nSPS) is 15.8.